The second-order valence-corrected chi connectivity index (χ2v) is 4.80. The lowest BCUT2D eigenvalue weighted by Gasteiger charge is -2.30. The molecule has 0 saturated heterocycles. The predicted molar refractivity (Wildman–Crippen MR) is 72.3 cm³/mol. The highest BCUT2D eigenvalue weighted by Crippen LogP contribution is 2.38. The van der Waals surface area contributed by atoms with Crippen LogP contribution >= 0.6 is 0 Å². The quantitative estimate of drug-likeness (QED) is 0.825. The summed E-state index contributed by atoms with van der Waals surface area (Å²) in [5.41, 5.74) is 6.05. The van der Waals surface area contributed by atoms with Crippen molar-refractivity contribution in [2.45, 2.75) is 19.9 Å². The van der Waals surface area contributed by atoms with Gasteiger partial charge in [0.2, 0.25) is 0 Å². The summed E-state index contributed by atoms with van der Waals surface area (Å²) in [6.07, 6.45) is 0. The molecule has 5 nitrogen and oxygen atoms in total. The van der Waals surface area contributed by atoms with Crippen molar-refractivity contribution in [3.63, 3.8) is 0 Å². The Hall–Kier alpha value is -1.75. The zero-order chi connectivity index (χ0) is 14.6. The van der Waals surface area contributed by atoms with E-state index in [1.807, 2.05) is 0 Å². The summed E-state index contributed by atoms with van der Waals surface area (Å²) in [6.45, 7) is 3.48. The van der Waals surface area contributed by atoms with Gasteiger partial charge < -0.3 is 19.9 Å². The zero-order valence-corrected chi connectivity index (χ0v) is 12.0. The second-order valence-electron chi connectivity index (χ2n) is 4.80. The Morgan fingerprint density at radius 3 is 2.32 bits per heavy atom. The average Bonchev–Trinajstić information content (AvgIpc) is 2.44. The third-order valence-electron chi connectivity index (χ3n) is 3.26. The summed E-state index contributed by atoms with van der Waals surface area (Å²) >= 11 is 0. The maximum absolute atomic E-state index is 11.8. The number of benzene rings is 1. The molecule has 1 atom stereocenters. The van der Waals surface area contributed by atoms with E-state index in [1.165, 1.54) is 7.11 Å². The van der Waals surface area contributed by atoms with Crippen molar-refractivity contribution in [1.29, 1.82) is 0 Å². The normalized spacial score (nSPS) is 12.7. The molecule has 0 aliphatic carbocycles. The van der Waals surface area contributed by atoms with Gasteiger partial charge in [-0.05, 0) is 32.0 Å². The van der Waals surface area contributed by atoms with Crippen LogP contribution in [0, 0.1) is 5.41 Å². The highest BCUT2D eigenvalue weighted by Gasteiger charge is 2.38. The maximum atomic E-state index is 11.8. The molecule has 106 valence electrons. The number of hydrogen-bond acceptors (Lipinski definition) is 5. The first kappa shape index (κ1) is 15.3. The molecule has 0 heterocycles. The second kappa shape index (κ2) is 5.93. The molecular formula is C14H21NO4. The van der Waals surface area contributed by atoms with Crippen LogP contribution in [0.1, 0.15) is 25.5 Å². The molecular weight excluding hydrogens is 246 g/mol. The molecule has 1 aromatic rings. The molecule has 0 spiro atoms. The summed E-state index contributed by atoms with van der Waals surface area (Å²) < 4.78 is 15.3. The number of carbonyl (C=O) groups excluding carboxylic acids is 1. The van der Waals surface area contributed by atoms with Crippen LogP contribution < -0.4 is 15.2 Å². The van der Waals surface area contributed by atoms with Gasteiger partial charge in [-0.2, -0.15) is 0 Å². The van der Waals surface area contributed by atoms with Gasteiger partial charge in [0.1, 0.15) is 11.5 Å². The monoisotopic (exact) mass is 267 g/mol. The summed E-state index contributed by atoms with van der Waals surface area (Å²) in [6, 6.07) is 4.75. The molecule has 1 rings (SSSR count). The fraction of sp³-hybridized carbons (Fsp3) is 0.500. The summed E-state index contributed by atoms with van der Waals surface area (Å²) in [5, 5.41) is 0. The minimum absolute atomic E-state index is 0.370. The van der Waals surface area contributed by atoms with E-state index in [-0.39, 0.29) is 5.97 Å². The topological polar surface area (TPSA) is 70.8 Å². The van der Waals surface area contributed by atoms with Crippen LogP contribution in [-0.4, -0.2) is 27.3 Å². The molecule has 0 aliphatic heterocycles. The van der Waals surface area contributed by atoms with Crippen LogP contribution in [0.15, 0.2) is 18.2 Å². The number of methoxy groups -OCH3 is 3. The lowest BCUT2D eigenvalue weighted by Crippen LogP contribution is -2.37. The van der Waals surface area contributed by atoms with E-state index in [0.717, 1.165) is 0 Å². The first-order chi connectivity index (χ1) is 8.88. The lowest BCUT2D eigenvalue weighted by atomic mass is 9.80. The Kier molecular flexibility index (Phi) is 4.78. The SMILES string of the molecule is COC(=O)C(C)(C)[C@@H](N)c1cc(OC)ccc1OC. The van der Waals surface area contributed by atoms with Crippen LogP contribution in [0.3, 0.4) is 0 Å². The van der Waals surface area contributed by atoms with E-state index < -0.39 is 11.5 Å². The Morgan fingerprint density at radius 2 is 1.84 bits per heavy atom. The average molecular weight is 267 g/mol. The van der Waals surface area contributed by atoms with Crippen LogP contribution in [-0.2, 0) is 9.53 Å². The van der Waals surface area contributed by atoms with Gasteiger partial charge in [0.05, 0.1) is 26.7 Å². The van der Waals surface area contributed by atoms with Crippen molar-refractivity contribution in [2.24, 2.45) is 11.1 Å². The van der Waals surface area contributed by atoms with Crippen molar-refractivity contribution < 1.29 is 19.0 Å². The maximum Gasteiger partial charge on any atom is 0.313 e. The molecule has 19 heavy (non-hydrogen) atoms. The van der Waals surface area contributed by atoms with Gasteiger partial charge in [0.25, 0.3) is 0 Å². The molecule has 0 bridgehead atoms. The molecule has 0 fully saturated rings. The van der Waals surface area contributed by atoms with E-state index in [2.05, 4.69) is 0 Å². The molecule has 0 amide bonds. The van der Waals surface area contributed by atoms with Crippen LogP contribution in [0.2, 0.25) is 0 Å². The van der Waals surface area contributed by atoms with Crippen molar-refractivity contribution >= 4 is 5.97 Å². The molecule has 0 saturated carbocycles. The Balaban J connectivity index is 3.23. The Bertz CT molecular complexity index is 457. The number of ether oxygens (including phenoxy) is 3. The number of nitrogens with two attached hydrogens (primary N) is 1. The summed E-state index contributed by atoms with van der Waals surface area (Å²) in [7, 11) is 4.48. The Labute approximate surface area is 113 Å². The van der Waals surface area contributed by atoms with Gasteiger partial charge in [0.15, 0.2) is 0 Å². The number of hydrogen-bond donors (Lipinski definition) is 1. The van der Waals surface area contributed by atoms with Gasteiger partial charge in [-0.3, -0.25) is 4.79 Å². The number of rotatable bonds is 5. The van der Waals surface area contributed by atoms with Gasteiger partial charge >= 0.3 is 5.97 Å². The molecule has 1 aromatic carbocycles. The van der Waals surface area contributed by atoms with Crippen LogP contribution in [0.25, 0.3) is 0 Å². The van der Waals surface area contributed by atoms with Gasteiger partial charge in [0, 0.05) is 11.6 Å². The lowest BCUT2D eigenvalue weighted by molar-refractivity contribution is -0.152. The Morgan fingerprint density at radius 1 is 1.21 bits per heavy atom. The number of carbonyl (C=O) groups is 1. The molecule has 2 N–H and O–H groups in total. The smallest absolute Gasteiger partial charge is 0.313 e. The van der Waals surface area contributed by atoms with E-state index in [1.54, 1.807) is 46.3 Å². The third kappa shape index (κ3) is 2.98. The zero-order valence-electron chi connectivity index (χ0n) is 12.0. The van der Waals surface area contributed by atoms with E-state index >= 15 is 0 Å². The van der Waals surface area contributed by atoms with Gasteiger partial charge in [-0.25, -0.2) is 0 Å². The van der Waals surface area contributed by atoms with E-state index in [9.17, 15) is 4.79 Å². The largest absolute Gasteiger partial charge is 0.497 e. The minimum Gasteiger partial charge on any atom is -0.497 e. The van der Waals surface area contributed by atoms with Crippen molar-refractivity contribution in [3.05, 3.63) is 23.8 Å². The van der Waals surface area contributed by atoms with Gasteiger partial charge in [-0.1, -0.05) is 0 Å². The summed E-state index contributed by atoms with van der Waals surface area (Å²) in [5.74, 6) is 0.905. The van der Waals surface area contributed by atoms with E-state index in [0.29, 0.717) is 17.1 Å². The van der Waals surface area contributed by atoms with Crippen molar-refractivity contribution in [1.82, 2.24) is 0 Å². The molecule has 5 heteroatoms. The molecule has 0 aromatic heterocycles. The minimum atomic E-state index is -0.867. The predicted octanol–water partition coefficient (Wildman–Crippen LogP) is 1.90. The standard InChI is InChI=1S/C14H21NO4/c1-14(2,13(16)19-5)12(15)10-8-9(17-3)6-7-11(10)18-4/h6-8,12H,15H2,1-5H3/t12-/m0/s1. The van der Waals surface area contributed by atoms with E-state index in [4.69, 9.17) is 19.9 Å². The fourth-order valence-corrected chi connectivity index (χ4v) is 1.86. The van der Waals surface area contributed by atoms with Crippen molar-refractivity contribution in [2.75, 3.05) is 21.3 Å². The van der Waals surface area contributed by atoms with Crippen LogP contribution in [0.4, 0.5) is 0 Å². The fourth-order valence-electron chi connectivity index (χ4n) is 1.86. The number of esters is 1. The summed E-state index contributed by atoms with van der Waals surface area (Å²) in [4.78, 5) is 11.8. The molecule has 0 radical (unpaired) electrons. The molecule has 0 unspecified atom stereocenters. The third-order valence-corrected chi connectivity index (χ3v) is 3.26. The first-order valence-corrected chi connectivity index (χ1v) is 5.94. The van der Waals surface area contributed by atoms with Crippen molar-refractivity contribution in [3.8, 4) is 11.5 Å². The highest BCUT2D eigenvalue weighted by molar-refractivity contribution is 5.77. The highest BCUT2D eigenvalue weighted by atomic mass is 16.5. The first-order valence-electron chi connectivity index (χ1n) is 5.94. The van der Waals surface area contributed by atoms with Crippen LogP contribution in [0.5, 0.6) is 11.5 Å². The van der Waals surface area contributed by atoms with Gasteiger partial charge in [-0.15, -0.1) is 0 Å². The molecule has 0 aliphatic rings.